The third-order valence-electron chi connectivity index (χ3n) is 2.16. The van der Waals surface area contributed by atoms with Crippen LogP contribution in [0.2, 0.25) is 0 Å². The third kappa shape index (κ3) is 3.58. The highest BCUT2D eigenvalue weighted by molar-refractivity contribution is 5.72. The topological polar surface area (TPSA) is 149 Å². The molecule has 1 amide bonds. The maximum atomic E-state index is 10.7. The van der Waals surface area contributed by atoms with E-state index in [1.54, 1.807) is 0 Å². The van der Waals surface area contributed by atoms with Crippen molar-refractivity contribution in [3.8, 4) is 5.95 Å². The zero-order chi connectivity index (χ0) is 14.4. The minimum absolute atomic E-state index is 0.102. The van der Waals surface area contributed by atoms with Gasteiger partial charge in [-0.25, -0.2) is 10.8 Å². The number of hydrazine groups is 1. The number of nitrogen functional groups attached to an aromatic ring is 1. The summed E-state index contributed by atoms with van der Waals surface area (Å²) in [4.78, 5) is 26.8. The van der Waals surface area contributed by atoms with Crippen molar-refractivity contribution >= 4 is 17.8 Å². The lowest BCUT2D eigenvalue weighted by Gasteiger charge is -2.08. The molecular formula is C9H14N10O. The van der Waals surface area contributed by atoms with Gasteiger partial charge in [-0.1, -0.05) is 0 Å². The molecular weight excluding hydrogens is 264 g/mol. The van der Waals surface area contributed by atoms with E-state index < -0.39 is 0 Å². The average Bonchev–Trinajstić information content (AvgIpc) is 2.97. The molecule has 0 spiro atoms. The van der Waals surface area contributed by atoms with Crippen LogP contribution in [0.4, 0.5) is 11.9 Å². The van der Waals surface area contributed by atoms with E-state index in [-0.39, 0.29) is 17.8 Å². The summed E-state index contributed by atoms with van der Waals surface area (Å²) >= 11 is 0. The SMILES string of the molecule is CC(=O)NCCNc1nc(NN)nc(-n2cncn2)n1. The molecule has 11 nitrogen and oxygen atoms in total. The number of carbonyl (C=O) groups is 1. The summed E-state index contributed by atoms with van der Waals surface area (Å²) in [5, 5.41) is 9.51. The first kappa shape index (κ1) is 13.6. The number of nitrogens with one attached hydrogen (secondary N) is 3. The van der Waals surface area contributed by atoms with Crippen LogP contribution in [0.3, 0.4) is 0 Å². The molecule has 106 valence electrons. The molecule has 11 heteroatoms. The van der Waals surface area contributed by atoms with E-state index >= 15 is 0 Å². The molecule has 2 rings (SSSR count). The van der Waals surface area contributed by atoms with E-state index in [4.69, 9.17) is 5.84 Å². The third-order valence-corrected chi connectivity index (χ3v) is 2.16. The van der Waals surface area contributed by atoms with Crippen molar-refractivity contribution in [1.82, 2.24) is 35.0 Å². The molecule has 0 fully saturated rings. The summed E-state index contributed by atoms with van der Waals surface area (Å²) in [7, 11) is 0. The van der Waals surface area contributed by atoms with Gasteiger partial charge in [0.15, 0.2) is 0 Å². The minimum Gasteiger partial charge on any atom is -0.355 e. The normalized spacial score (nSPS) is 10.1. The number of carbonyl (C=O) groups excluding carboxylic acids is 1. The molecule has 0 aliphatic carbocycles. The molecule has 0 atom stereocenters. The van der Waals surface area contributed by atoms with E-state index in [1.807, 2.05) is 0 Å². The molecule has 2 aromatic heterocycles. The standard InChI is InChI=1S/C9H14N10O/c1-6(20)12-2-3-13-7-15-8(18-10)17-9(16-7)19-5-11-4-14-19/h4-5H,2-3,10H2,1H3,(H,12,20)(H2,13,15,16,17,18). The summed E-state index contributed by atoms with van der Waals surface area (Å²) in [6.45, 7) is 2.36. The van der Waals surface area contributed by atoms with Crippen molar-refractivity contribution in [1.29, 1.82) is 0 Å². The molecule has 0 bridgehead atoms. The average molecular weight is 278 g/mol. The Kier molecular flexibility index (Phi) is 4.34. The van der Waals surface area contributed by atoms with E-state index in [0.717, 1.165) is 0 Å². The monoisotopic (exact) mass is 278 g/mol. The Hall–Kier alpha value is -2.82. The molecule has 0 saturated heterocycles. The summed E-state index contributed by atoms with van der Waals surface area (Å²) in [6.07, 6.45) is 2.82. The van der Waals surface area contributed by atoms with E-state index in [9.17, 15) is 4.79 Å². The van der Waals surface area contributed by atoms with Gasteiger partial charge in [-0.2, -0.15) is 24.7 Å². The Labute approximate surface area is 114 Å². The van der Waals surface area contributed by atoms with Gasteiger partial charge in [0.25, 0.3) is 5.95 Å². The van der Waals surface area contributed by atoms with E-state index in [0.29, 0.717) is 19.0 Å². The minimum atomic E-state index is -0.102. The Balaban J connectivity index is 2.08. The van der Waals surface area contributed by atoms with Crippen molar-refractivity contribution in [2.24, 2.45) is 5.84 Å². The van der Waals surface area contributed by atoms with Crippen molar-refractivity contribution < 1.29 is 4.79 Å². The number of rotatable bonds is 6. The molecule has 5 N–H and O–H groups in total. The number of hydrogen-bond donors (Lipinski definition) is 4. The van der Waals surface area contributed by atoms with Crippen LogP contribution in [0.25, 0.3) is 5.95 Å². The van der Waals surface area contributed by atoms with Crippen LogP contribution in [-0.4, -0.2) is 48.7 Å². The fourth-order valence-electron chi connectivity index (χ4n) is 1.34. The second-order valence-corrected chi connectivity index (χ2v) is 3.68. The summed E-state index contributed by atoms with van der Waals surface area (Å²) in [6, 6.07) is 0. The Morgan fingerprint density at radius 2 is 2.10 bits per heavy atom. The van der Waals surface area contributed by atoms with Gasteiger partial charge >= 0.3 is 0 Å². The van der Waals surface area contributed by atoms with E-state index in [1.165, 1.54) is 24.3 Å². The maximum absolute atomic E-state index is 10.7. The number of aromatic nitrogens is 6. The molecule has 2 heterocycles. The number of hydrogen-bond acceptors (Lipinski definition) is 9. The smallest absolute Gasteiger partial charge is 0.258 e. The predicted molar refractivity (Wildman–Crippen MR) is 69.7 cm³/mol. The molecule has 0 unspecified atom stereocenters. The zero-order valence-electron chi connectivity index (χ0n) is 10.7. The van der Waals surface area contributed by atoms with Gasteiger partial charge in [-0.3, -0.25) is 10.2 Å². The molecule has 0 aliphatic rings. The fourth-order valence-corrected chi connectivity index (χ4v) is 1.34. The molecule has 0 radical (unpaired) electrons. The highest BCUT2D eigenvalue weighted by atomic mass is 16.1. The largest absolute Gasteiger partial charge is 0.355 e. The zero-order valence-corrected chi connectivity index (χ0v) is 10.7. The van der Waals surface area contributed by atoms with Gasteiger partial charge in [0.1, 0.15) is 12.7 Å². The van der Waals surface area contributed by atoms with Crippen LogP contribution in [0.15, 0.2) is 12.7 Å². The maximum Gasteiger partial charge on any atom is 0.258 e. The highest BCUT2D eigenvalue weighted by Crippen LogP contribution is 2.06. The van der Waals surface area contributed by atoms with Gasteiger partial charge in [0.05, 0.1) is 0 Å². The first-order chi connectivity index (χ1) is 9.69. The van der Waals surface area contributed by atoms with E-state index in [2.05, 4.69) is 41.1 Å². The predicted octanol–water partition coefficient (Wildman–Crippen LogP) is -1.71. The number of anilines is 2. The van der Waals surface area contributed by atoms with Crippen LogP contribution in [0.5, 0.6) is 0 Å². The van der Waals surface area contributed by atoms with Gasteiger partial charge < -0.3 is 10.6 Å². The van der Waals surface area contributed by atoms with Gasteiger partial charge in [-0.05, 0) is 0 Å². The second-order valence-electron chi connectivity index (χ2n) is 3.68. The molecule has 20 heavy (non-hydrogen) atoms. The van der Waals surface area contributed by atoms with Crippen LogP contribution >= 0.6 is 0 Å². The first-order valence-electron chi connectivity index (χ1n) is 5.75. The van der Waals surface area contributed by atoms with Crippen molar-refractivity contribution in [3.05, 3.63) is 12.7 Å². The van der Waals surface area contributed by atoms with Gasteiger partial charge in [0.2, 0.25) is 17.8 Å². The number of nitrogens with zero attached hydrogens (tertiary/aromatic N) is 6. The molecule has 0 aliphatic heterocycles. The van der Waals surface area contributed by atoms with Gasteiger partial charge in [-0.15, -0.1) is 0 Å². The Bertz CT molecular complexity index is 568. The Morgan fingerprint density at radius 3 is 2.75 bits per heavy atom. The van der Waals surface area contributed by atoms with Crippen LogP contribution < -0.4 is 21.9 Å². The van der Waals surface area contributed by atoms with Crippen molar-refractivity contribution in [2.75, 3.05) is 23.8 Å². The summed E-state index contributed by atoms with van der Waals surface area (Å²) < 4.78 is 1.38. The lowest BCUT2D eigenvalue weighted by molar-refractivity contribution is -0.118. The Morgan fingerprint density at radius 1 is 1.30 bits per heavy atom. The first-order valence-corrected chi connectivity index (χ1v) is 5.75. The number of nitrogens with two attached hydrogens (primary N) is 1. The van der Waals surface area contributed by atoms with Crippen LogP contribution in [-0.2, 0) is 4.79 Å². The van der Waals surface area contributed by atoms with Crippen LogP contribution in [0.1, 0.15) is 6.92 Å². The van der Waals surface area contributed by atoms with Crippen molar-refractivity contribution in [2.45, 2.75) is 6.92 Å². The quantitative estimate of drug-likeness (QED) is 0.275. The second kappa shape index (κ2) is 6.38. The summed E-state index contributed by atoms with van der Waals surface area (Å²) in [5.41, 5.74) is 2.34. The molecule has 0 saturated carbocycles. The summed E-state index contributed by atoms with van der Waals surface area (Å²) in [5.74, 6) is 5.97. The van der Waals surface area contributed by atoms with Crippen LogP contribution in [0, 0.1) is 0 Å². The molecule has 2 aromatic rings. The molecule has 0 aromatic carbocycles. The lowest BCUT2D eigenvalue weighted by Crippen LogP contribution is -2.27. The van der Waals surface area contributed by atoms with Crippen molar-refractivity contribution in [3.63, 3.8) is 0 Å². The lowest BCUT2D eigenvalue weighted by atomic mass is 10.6. The fraction of sp³-hybridized carbons (Fsp3) is 0.333. The highest BCUT2D eigenvalue weighted by Gasteiger charge is 2.07. The number of amides is 1. The van der Waals surface area contributed by atoms with Gasteiger partial charge in [0, 0.05) is 20.0 Å².